The van der Waals surface area contributed by atoms with Crippen molar-refractivity contribution < 1.29 is 13.9 Å². The molecule has 2 heterocycles. The number of amides is 1. The number of rotatable bonds is 3. The third-order valence-electron chi connectivity index (χ3n) is 3.65. The van der Waals surface area contributed by atoms with Gasteiger partial charge in [0, 0.05) is 0 Å². The first-order chi connectivity index (χ1) is 12.0. The highest BCUT2D eigenvalue weighted by Gasteiger charge is 2.16. The third kappa shape index (κ3) is 2.87. The zero-order valence-electron chi connectivity index (χ0n) is 12.8. The van der Waals surface area contributed by atoms with Gasteiger partial charge in [0.1, 0.15) is 11.6 Å². The van der Waals surface area contributed by atoms with Crippen LogP contribution in [0.2, 0.25) is 0 Å². The third-order valence-corrected chi connectivity index (χ3v) is 4.79. The Morgan fingerprint density at radius 2 is 2.16 bits per heavy atom. The molecule has 1 amide bonds. The Hall–Kier alpha value is -2.78. The number of nitrogens with zero attached hydrogens (tertiary/aromatic N) is 1. The standard InChI is InChI=1S/C16H11FN4O2S2/c1-23-8-2-3-10-12(6-8)25-16(19-10)21-14(22)9-4-7(17)5-11-13(9)20-15(24)18-11/h2-6H,1H3,(H2,18,20,24)(H,19,21,22). The van der Waals surface area contributed by atoms with Gasteiger partial charge < -0.3 is 14.7 Å². The van der Waals surface area contributed by atoms with E-state index < -0.39 is 11.7 Å². The number of nitrogens with one attached hydrogen (secondary N) is 3. The van der Waals surface area contributed by atoms with Gasteiger partial charge in [-0.3, -0.25) is 10.1 Å². The van der Waals surface area contributed by atoms with E-state index in [1.165, 1.54) is 17.4 Å². The molecule has 0 aliphatic carbocycles. The second kappa shape index (κ2) is 5.94. The van der Waals surface area contributed by atoms with E-state index >= 15 is 0 Å². The molecule has 3 N–H and O–H groups in total. The van der Waals surface area contributed by atoms with Gasteiger partial charge in [-0.2, -0.15) is 0 Å². The molecule has 126 valence electrons. The molecule has 0 spiro atoms. The SMILES string of the molecule is COc1ccc2nc(NC(=O)c3cc(F)cc4[nH]c(=S)[nH]c34)sc2c1. The Morgan fingerprint density at radius 3 is 2.96 bits per heavy atom. The fraction of sp³-hybridized carbons (Fsp3) is 0.0625. The average molecular weight is 374 g/mol. The van der Waals surface area contributed by atoms with Crippen LogP contribution >= 0.6 is 23.6 Å². The number of carbonyl (C=O) groups excluding carboxylic acids is 1. The van der Waals surface area contributed by atoms with Crippen molar-refractivity contribution in [2.24, 2.45) is 0 Å². The normalized spacial score (nSPS) is 11.1. The molecule has 0 aliphatic rings. The van der Waals surface area contributed by atoms with Crippen molar-refractivity contribution in [3.63, 3.8) is 0 Å². The number of methoxy groups -OCH3 is 1. The number of carbonyl (C=O) groups is 1. The van der Waals surface area contributed by atoms with Crippen molar-refractivity contribution in [2.75, 3.05) is 12.4 Å². The Kier molecular flexibility index (Phi) is 3.74. The number of imidazole rings is 1. The fourth-order valence-corrected chi connectivity index (χ4v) is 3.64. The molecule has 4 aromatic rings. The maximum atomic E-state index is 13.8. The van der Waals surface area contributed by atoms with Gasteiger partial charge in [0.25, 0.3) is 5.91 Å². The van der Waals surface area contributed by atoms with Crippen LogP contribution in [0.1, 0.15) is 10.4 Å². The Balaban J connectivity index is 1.71. The minimum Gasteiger partial charge on any atom is -0.497 e. The second-order valence-corrected chi connectivity index (χ2v) is 6.70. The summed E-state index contributed by atoms with van der Waals surface area (Å²) in [5.41, 5.74) is 1.78. The lowest BCUT2D eigenvalue weighted by molar-refractivity contribution is 0.102. The predicted molar refractivity (Wildman–Crippen MR) is 97.6 cm³/mol. The molecule has 25 heavy (non-hydrogen) atoms. The minimum atomic E-state index is -0.531. The first-order valence-electron chi connectivity index (χ1n) is 7.21. The number of thiazole rings is 1. The van der Waals surface area contributed by atoms with Crippen LogP contribution in [0.15, 0.2) is 30.3 Å². The van der Waals surface area contributed by atoms with Gasteiger partial charge >= 0.3 is 0 Å². The Bertz CT molecular complexity index is 1180. The summed E-state index contributed by atoms with van der Waals surface area (Å²) in [5.74, 6) is -0.293. The van der Waals surface area contributed by atoms with Crippen molar-refractivity contribution in [1.29, 1.82) is 0 Å². The lowest BCUT2D eigenvalue weighted by atomic mass is 10.1. The molecule has 6 nitrogen and oxygen atoms in total. The van der Waals surface area contributed by atoms with E-state index in [4.69, 9.17) is 17.0 Å². The number of hydrogen-bond acceptors (Lipinski definition) is 5. The monoisotopic (exact) mass is 374 g/mol. The van der Waals surface area contributed by atoms with E-state index in [2.05, 4.69) is 20.3 Å². The summed E-state index contributed by atoms with van der Waals surface area (Å²) >= 11 is 6.32. The molecule has 2 aromatic heterocycles. The Morgan fingerprint density at radius 1 is 1.32 bits per heavy atom. The fourth-order valence-electron chi connectivity index (χ4n) is 2.54. The van der Waals surface area contributed by atoms with E-state index in [0.717, 1.165) is 16.3 Å². The number of aromatic nitrogens is 3. The highest BCUT2D eigenvalue weighted by molar-refractivity contribution is 7.71. The van der Waals surface area contributed by atoms with Gasteiger partial charge in [-0.05, 0) is 42.5 Å². The highest BCUT2D eigenvalue weighted by atomic mass is 32.1. The molecule has 0 bridgehead atoms. The van der Waals surface area contributed by atoms with Gasteiger partial charge in [0.2, 0.25) is 0 Å². The van der Waals surface area contributed by atoms with Gasteiger partial charge in [-0.15, -0.1) is 0 Å². The molecule has 0 fully saturated rings. The van der Waals surface area contributed by atoms with Crippen molar-refractivity contribution in [1.82, 2.24) is 15.0 Å². The summed E-state index contributed by atoms with van der Waals surface area (Å²) < 4.78 is 20.2. The van der Waals surface area contributed by atoms with Crippen LogP contribution in [0, 0.1) is 10.6 Å². The first-order valence-corrected chi connectivity index (χ1v) is 8.43. The van der Waals surface area contributed by atoms with Crippen LogP contribution in [0.25, 0.3) is 21.3 Å². The second-order valence-electron chi connectivity index (χ2n) is 5.26. The van der Waals surface area contributed by atoms with Gasteiger partial charge in [0.15, 0.2) is 9.90 Å². The van der Waals surface area contributed by atoms with Crippen molar-refractivity contribution in [3.8, 4) is 5.75 Å². The molecule has 0 radical (unpaired) electrons. The van der Waals surface area contributed by atoms with E-state index in [1.807, 2.05) is 12.1 Å². The topological polar surface area (TPSA) is 82.8 Å². The molecule has 0 aliphatic heterocycles. The first kappa shape index (κ1) is 15.7. The van der Waals surface area contributed by atoms with Gasteiger partial charge in [-0.25, -0.2) is 9.37 Å². The van der Waals surface area contributed by atoms with Crippen LogP contribution in [-0.4, -0.2) is 28.0 Å². The van der Waals surface area contributed by atoms with Crippen molar-refractivity contribution in [2.45, 2.75) is 0 Å². The summed E-state index contributed by atoms with van der Waals surface area (Å²) in [4.78, 5) is 22.6. The lowest BCUT2D eigenvalue weighted by Gasteiger charge is -2.03. The summed E-state index contributed by atoms with van der Waals surface area (Å²) in [6, 6.07) is 7.88. The zero-order valence-corrected chi connectivity index (χ0v) is 14.5. The maximum Gasteiger partial charge on any atom is 0.259 e. The average Bonchev–Trinajstić information content (AvgIpc) is 3.14. The molecule has 9 heteroatoms. The van der Waals surface area contributed by atoms with Crippen LogP contribution in [0.4, 0.5) is 9.52 Å². The zero-order chi connectivity index (χ0) is 17.6. The number of aromatic amines is 2. The molecule has 0 unspecified atom stereocenters. The largest absolute Gasteiger partial charge is 0.497 e. The van der Waals surface area contributed by atoms with Gasteiger partial charge in [0.05, 0.1) is 33.9 Å². The molecule has 0 saturated carbocycles. The molecule has 2 aromatic carbocycles. The number of ether oxygens (including phenoxy) is 1. The quantitative estimate of drug-likeness (QED) is 0.469. The molecule has 0 saturated heterocycles. The van der Waals surface area contributed by atoms with Crippen LogP contribution in [-0.2, 0) is 0 Å². The van der Waals surface area contributed by atoms with Gasteiger partial charge in [-0.1, -0.05) is 11.3 Å². The number of benzene rings is 2. The van der Waals surface area contributed by atoms with Crippen LogP contribution in [0.3, 0.4) is 0 Å². The van der Waals surface area contributed by atoms with Crippen molar-refractivity contribution >= 4 is 55.8 Å². The number of halogens is 1. The molecule has 0 atom stereocenters. The van der Waals surface area contributed by atoms with E-state index in [1.54, 1.807) is 13.2 Å². The van der Waals surface area contributed by atoms with E-state index in [-0.39, 0.29) is 5.56 Å². The van der Waals surface area contributed by atoms with Crippen LogP contribution < -0.4 is 10.1 Å². The van der Waals surface area contributed by atoms with Crippen LogP contribution in [0.5, 0.6) is 5.75 Å². The smallest absolute Gasteiger partial charge is 0.259 e. The maximum absolute atomic E-state index is 13.8. The lowest BCUT2D eigenvalue weighted by Crippen LogP contribution is -2.12. The number of anilines is 1. The molecular formula is C16H11FN4O2S2. The van der Waals surface area contributed by atoms with E-state index in [9.17, 15) is 9.18 Å². The van der Waals surface area contributed by atoms with Crippen molar-refractivity contribution in [3.05, 3.63) is 46.5 Å². The molecule has 4 rings (SSSR count). The summed E-state index contributed by atoms with van der Waals surface area (Å²) in [6.45, 7) is 0. The summed E-state index contributed by atoms with van der Waals surface area (Å²) in [5, 5.41) is 3.12. The predicted octanol–water partition coefficient (Wildman–Crippen LogP) is 4.24. The van der Waals surface area contributed by atoms with E-state index in [0.29, 0.717) is 26.7 Å². The Labute approximate surface area is 149 Å². The molecular weight excluding hydrogens is 363 g/mol. The summed E-state index contributed by atoms with van der Waals surface area (Å²) in [7, 11) is 1.58. The summed E-state index contributed by atoms with van der Waals surface area (Å²) in [6.07, 6.45) is 0. The minimum absolute atomic E-state index is 0.152. The number of fused-ring (bicyclic) bond motifs is 2. The highest BCUT2D eigenvalue weighted by Crippen LogP contribution is 2.29. The number of hydrogen-bond donors (Lipinski definition) is 3. The number of H-pyrrole nitrogens is 2.